The fraction of sp³-hybridized carbons (Fsp3) is 0.538. The Morgan fingerprint density at radius 2 is 1.94 bits per heavy atom. The van der Waals surface area contributed by atoms with E-state index in [0.29, 0.717) is 12.6 Å². The number of benzene rings is 1. The summed E-state index contributed by atoms with van der Waals surface area (Å²) in [6, 6.07) is 4.40. The van der Waals surface area contributed by atoms with Gasteiger partial charge in [-0.15, -0.1) is 0 Å². The van der Waals surface area contributed by atoms with Crippen LogP contribution in [0.25, 0.3) is 0 Å². The molecule has 1 aromatic carbocycles. The van der Waals surface area contributed by atoms with E-state index < -0.39 is 0 Å². The van der Waals surface area contributed by atoms with Gasteiger partial charge in [0.25, 0.3) is 0 Å². The van der Waals surface area contributed by atoms with Crippen molar-refractivity contribution in [2.45, 2.75) is 32.9 Å². The van der Waals surface area contributed by atoms with Gasteiger partial charge in [0, 0.05) is 19.2 Å². The monoisotopic (exact) mass is 379 g/mol. The summed E-state index contributed by atoms with van der Waals surface area (Å²) in [4.78, 5) is 0. The fourth-order valence-electron chi connectivity index (χ4n) is 1.58. The Bertz CT molecular complexity index is 362. The highest BCUT2D eigenvalue weighted by molar-refractivity contribution is 9.11. The first kappa shape index (κ1) is 16.0. The minimum absolute atomic E-state index is 0.213. The maximum absolute atomic E-state index is 8.85. The molecule has 0 saturated carbocycles. The van der Waals surface area contributed by atoms with Crippen LogP contribution in [0.2, 0.25) is 0 Å². The van der Waals surface area contributed by atoms with Gasteiger partial charge in [0.2, 0.25) is 0 Å². The van der Waals surface area contributed by atoms with Crippen LogP contribution in [0, 0.1) is 0 Å². The summed E-state index contributed by atoms with van der Waals surface area (Å²) < 4.78 is 7.44. The van der Waals surface area contributed by atoms with Gasteiger partial charge < -0.3 is 15.2 Å². The molecule has 0 fully saturated rings. The van der Waals surface area contributed by atoms with Crippen LogP contribution in [-0.2, 0) is 6.54 Å². The Hall–Kier alpha value is -0.100. The molecule has 18 heavy (non-hydrogen) atoms. The summed E-state index contributed by atoms with van der Waals surface area (Å²) in [5.74, 6) is 0.838. The first-order chi connectivity index (χ1) is 8.58. The lowest BCUT2D eigenvalue weighted by Gasteiger charge is -2.14. The van der Waals surface area contributed by atoms with Crippen LogP contribution in [0.1, 0.15) is 25.8 Å². The number of hydrogen-bond donors (Lipinski definition) is 2. The van der Waals surface area contributed by atoms with Crippen molar-refractivity contribution in [2.75, 3.05) is 13.2 Å². The average Bonchev–Trinajstić information content (AvgIpc) is 2.32. The molecule has 2 N–H and O–H groups in total. The Balaban J connectivity index is 2.68. The zero-order valence-corrected chi connectivity index (χ0v) is 13.8. The Morgan fingerprint density at radius 3 is 2.44 bits per heavy atom. The van der Waals surface area contributed by atoms with Gasteiger partial charge in [0.1, 0.15) is 5.75 Å². The lowest BCUT2D eigenvalue weighted by molar-refractivity contribution is 0.268. The number of rotatable bonds is 7. The predicted octanol–water partition coefficient (Wildman–Crippen LogP) is 3.47. The molecule has 0 spiro atoms. The van der Waals surface area contributed by atoms with Gasteiger partial charge in [0.15, 0.2) is 0 Å². The van der Waals surface area contributed by atoms with E-state index in [0.717, 1.165) is 27.7 Å². The number of aliphatic hydroxyl groups is 1. The van der Waals surface area contributed by atoms with Gasteiger partial charge in [-0.3, -0.25) is 0 Å². The van der Waals surface area contributed by atoms with Crippen molar-refractivity contribution in [2.24, 2.45) is 0 Å². The number of ether oxygens (including phenoxy) is 1. The van der Waals surface area contributed by atoms with Gasteiger partial charge in [-0.05, 0) is 69.8 Å². The molecule has 0 aliphatic rings. The molecule has 0 heterocycles. The first-order valence-corrected chi connectivity index (χ1v) is 7.62. The summed E-state index contributed by atoms with van der Waals surface area (Å²) in [6.45, 7) is 5.65. The second kappa shape index (κ2) is 8.15. The van der Waals surface area contributed by atoms with Crippen LogP contribution in [0.3, 0.4) is 0 Å². The van der Waals surface area contributed by atoms with Gasteiger partial charge in [-0.1, -0.05) is 0 Å². The van der Waals surface area contributed by atoms with Crippen LogP contribution >= 0.6 is 31.9 Å². The predicted molar refractivity (Wildman–Crippen MR) is 81.0 cm³/mol. The van der Waals surface area contributed by atoms with Crippen molar-refractivity contribution in [3.8, 4) is 5.75 Å². The molecule has 0 saturated heterocycles. The van der Waals surface area contributed by atoms with Crippen molar-refractivity contribution in [1.82, 2.24) is 5.32 Å². The number of aliphatic hydroxyl groups excluding tert-OH is 1. The summed E-state index contributed by atoms with van der Waals surface area (Å²) in [6.07, 6.45) is 0.763. The second-order valence-corrected chi connectivity index (χ2v) is 5.82. The van der Waals surface area contributed by atoms with E-state index in [1.54, 1.807) is 0 Å². The third kappa shape index (κ3) is 4.88. The molecule has 0 aliphatic carbocycles. The molecule has 3 nitrogen and oxygen atoms in total. The molecule has 5 heteroatoms. The average molecular weight is 381 g/mol. The molecular formula is C13H19Br2NO2. The molecule has 1 aromatic rings. The van der Waals surface area contributed by atoms with Gasteiger partial charge >= 0.3 is 0 Å². The van der Waals surface area contributed by atoms with Crippen LogP contribution in [0.5, 0.6) is 5.75 Å². The number of nitrogens with one attached hydrogen (secondary N) is 1. The van der Waals surface area contributed by atoms with Crippen LogP contribution in [0.15, 0.2) is 21.1 Å². The van der Waals surface area contributed by atoms with E-state index in [9.17, 15) is 0 Å². The van der Waals surface area contributed by atoms with Crippen LogP contribution < -0.4 is 10.1 Å². The highest BCUT2D eigenvalue weighted by atomic mass is 79.9. The van der Waals surface area contributed by atoms with E-state index in [-0.39, 0.29) is 6.61 Å². The fourth-order valence-corrected chi connectivity index (χ4v) is 3.09. The van der Waals surface area contributed by atoms with E-state index in [1.165, 1.54) is 5.56 Å². The molecule has 0 aliphatic heterocycles. The minimum Gasteiger partial charge on any atom is -0.492 e. The molecular weight excluding hydrogens is 362 g/mol. The lowest BCUT2D eigenvalue weighted by atomic mass is 10.2. The molecule has 1 unspecified atom stereocenters. The Morgan fingerprint density at radius 1 is 1.33 bits per heavy atom. The van der Waals surface area contributed by atoms with E-state index >= 15 is 0 Å². The third-order valence-electron chi connectivity index (χ3n) is 2.56. The van der Waals surface area contributed by atoms with Gasteiger partial charge in [0.05, 0.1) is 15.6 Å². The maximum Gasteiger partial charge on any atom is 0.147 e. The van der Waals surface area contributed by atoms with Crippen LogP contribution in [-0.4, -0.2) is 24.4 Å². The summed E-state index contributed by atoms with van der Waals surface area (Å²) in [5.41, 5.74) is 1.17. The van der Waals surface area contributed by atoms with Gasteiger partial charge in [-0.2, -0.15) is 0 Å². The largest absolute Gasteiger partial charge is 0.492 e. The van der Waals surface area contributed by atoms with Crippen molar-refractivity contribution < 1.29 is 9.84 Å². The van der Waals surface area contributed by atoms with E-state index in [1.807, 2.05) is 6.92 Å². The summed E-state index contributed by atoms with van der Waals surface area (Å²) in [5, 5.41) is 12.2. The standard InChI is InChI=1S/C13H19Br2NO2/c1-3-18-13-11(14)6-10(7-12(13)15)8-16-9(2)4-5-17/h6-7,9,16-17H,3-5,8H2,1-2H3. The molecule has 0 aromatic heterocycles. The normalized spacial score (nSPS) is 12.5. The summed E-state index contributed by atoms with van der Waals surface area (Å²) >= 11 is 7.03. The van der Waals surface area contributed by atoms with Crippen molar-refractivity contribution in [1.29, 1.82) is 0 Å². The smallest absolute Gasteiger partial charge is 0.147 e. The Kier molecular flexibility index (Phi) is 7.22. The van der Waals surface area contributed by atoms with Crippen molar-refractivity contribution in [3.05, 3.63) is 26.6 Å². The molecule has 0 amide bonds. The number of halogens is 2. The minimum atomic E-state index is 0.213. The second-order valence-electron chi connectivity index (χ2n) is 4.12. The molecule has 0 radical (unpaired) electrons. The zero-order chi connectivity index (χ0) is 13.5. The first-order valence-electron chi connectivity index (χ1n) is 6.03. The third-order valence-corrected chi connectivity index (χ3v) is 3.74. The SMILES string of the molecule is CCOc1c(Br)cc(CNC(C)CCO)cc1Br. The number of hydrogen-bond acceptors (Lipinski definition) is 3. The van der Waals surface area contributed by atoms with Crippen molar-refractivity contribution in [3.63, 3.8) is 0 Å². The summed E-state index contributed by atoms with van der Waals surface area (Å²) in [7, 11) is 0. The van der Waals surface area contributed by atoms with Crippen molar-refractivity contribution >= 4 is 31.9 Å². The van der Waals surface area contributed by atoms with Gasteiger partial charge in [-0.25, -0.2) is 0 Å². The van der Waals surface area contributed by atoms with E-state index in [4.69, 9.17) is 9.84 Å². The lowest BCUT2D eigenvalue weighted by Crippen LogP contribution is -2.26. The Labute approximate surface area is 125 Å². The highest BCUT2D eigenvalue weighted by Gasteiger charge is 2.09. The van der Waals surface area contributed by atoms with E-state index in [2.05, 4.69) is 56.2 Å². The maximum atomic E-state index is 8.85. The molecule has 0 bridgehead atoms. The quantitative estimate of drug-likeness (QED) is 0.760. The molecule has 1 atom stereocenters. The molecule has 102 valence electrons. The highest BCUT2D eigenvalue weighted by Crippen LogP contribution is 2.34. The van der Waals surface area contributed by atoms with Crippen LogP contribution in [0.4, 0.5) is 0 Å². The topological polar surface area (TPSA) is 41.5 Å². The zero-order valence-electron chi connectivity index (χ0n) is 10.7. The molecule has 1 rings (SSSR count).